The molecule has 1 unspecified atom stereocenters. The van der Waals surface area contributed by atoms with Crippen LogP contribution in [0.25, 0.3) is 11.0 Å². The van der Waals surface area contributed by atoms with Crippen molar-refractivity contribution in [3.63, 3.8) is 0 Å². The Morgan fingerprint density at radius 2 is 2.26 bits per heavy atom. The Labute approximate surface area is 134 Å². The van der Waals surface area contributed by atoms with Crippen molar-refractivity contribution in [2.24, 2.45) is 0 Å². The molecule has 0 aliphatic carbocycles. The molecular formula is C17H21N3O3. The fourth-order valence-electron chi connectivity index (χ4n) is 3.11. The standard InChI is InChI=1S/C17H21N3O3/c1-2-13-5-3-4-8-20(13)16(21)10-23-17(22)12-6-7-14-15(9-12)19-11-18-14/h6-7,9,11,13H,2-5,8,10H2,1H3,(H,18,19). The van der Waals surface area contributed by atoms with Crippen molar-refractivity contribution in [1.82, 2.24) is 14.9 Å². The van der Waals surface area contributed by atoms with Crippen molar-refractivity contribution in [2.75, 3.05) is 13.2 Å². The summed E-state index contributed by atoms with van der Waals surface area (Å²) in [6.45, 7) is 2.65. The van der Waals surface area contributed by atoms with Gasteiger partial charge >= 0.3 is 5.97 Å². The third-order valence-electron chi connectivity index (χ3n) is 4.40. The minimum atomic E-state index is -0.486. The van der Waals surface area contributed by atoms with Gasteiger partial charge in [0.2, 0.25) is 0 Å². The van der Waals surface area contributed by atoms with Crippen LogP contribution in [0.2, 0.25) is 0 Å². The number of H-pyrrole nitrogens is 1. The molecule has 1 aromatic heterocycles. The number of hydrogen-bond acceptors (Lipinski definition) is 4. The van der Waals surface area contributed by atoms with E-state index >= 15 is 0 Å². The summed E-state index contributed by atoms with van der Waals surface area (Å²) < 4.78 is 5.20. The van der Waals surface area contributed by atoms with Gasteiger partial charge in [-0.1, -0.05) is 6.92 Å². The zero-order valence-electron chi connectivity index (χ0n) is 13.2. The van der Waals surface area contributed by atoms with E-state index in [1.165, 1.54) is 0 Å². The van der Waals surface area contributed by atoms with Gasteiger partial charge in [0, 0.05) is 12.6 Å². The van der Waals surface area contributed by atoms with E-state index in [0.717, 1.165) is 43.3 Å². The van der Waals surface area contributed by atoms with Crippen LogP contribution in [-0.2, 0) is 9.53 Å². The van der Waals surface area contributed by atoms with Crippen molar-refractivity contribution in [3.8, 4) is 0 Å². The number of ether oxygens (including phenoxy) is 1. The number of carbonyl (C=O) groups excluding carboxylic acids is 2. The predicted molar refractivity (Wildman–Crippen MR) is 86.0 cm³/mol. The number of aromatic amines is 1. The molecule has 1 amide bonds. The molecule has 6 heteroatoms. The Bertz CT molecular complexity index is 710. The summed E-state index contributed by atoms with van der Waals surface area (Å²) in [5.41, 5.74) is 1.98. The molecule has 1 saturated heterocycles. The second-order valence-corrected chi connectivity index (χ2v) is 5.86. The predicted octanol–water partition coefficient (Wildman–Crippen LogP) is 2.51. The Morgan fingerprint density at radius 3 is 3.09 bits per heavy atom. The molecule has 6 nitrogen and oxygen atoms in total. The summed E-state index contributed by atoms with van der Waals surface area (Å²) in [6, 6.07) is 5.37. The Balaban J connectivity index is 1.60. The van der Waals surface area contributed by atoms with E-state index in [-0.39, 0.29) is 18.6 Å². The number of nitrogens with zero attached hydrogens (tertiary/aromatic N) is 2. The van der Waals surface area contributed by atoms with E-state index in [9.17, 15) is 9.59 Å². The highest BCUT2D eigenvalue weighted by Crippen LogP contribution is 2.19. The van der Waals surface area contributed by atoms with Crippen LogP contribution in [0.15, 0.2) is 24.5 Å². The highest BCUT2D eigenvalue weighted by atomic mass is 16.5. The number of benzene rings is 1. The molecule has 0 saturated carbocycles. The van der Waals surface area contributed by atoms with Crippen LogP contribution in [0.4, 0.5) is 0 Å². The first-order valence-electron chi connectivity index (χ1n) is 8.08. The van der Waals surface area contributed by atoms with Gasteiger partial charge in [-0.15, -0.1) is 0 Å². The number of aromatic nitrogens is 2. The van der Waals surface area contributed by atoms with Gasteiger partial charge in [-0.05, 0) is 43.9 Å². The van der Waals surface area contributed by atoms with E-state index in [1.807, 2.05) is 4.90 Å². The molecular weight excluding hydrogens is 294 g/mol. The number of nitrogens with one attached hydrogen (secondary N) is 1. The Kier molecular flexibility index (Phi) is 4.60. The van der Waals surface area contributed by atoms with Crippen molar-refractivity contribution < 1.29 is 14.3 Å². The number of imidazole rings is 1. The summed E-state index contributed by atoms with van der Waals surface area (Å²) in [7, 11) is 0. The molecule has 23 heavy (non-hydrogen) atoms. The van der Waals surface area contributed by atoms with E-state index in [1.54, 1.807) is 24.5 Å². The summed E-state index contributed by atoms with van der Waals surface area (Å²) in [4.78, 5) is 33.3. The first kappa shape index (κ1) is 15.5. The van der Waals surface area contributed by atoms with E-state index in [0.29, 0.717) is 5.56 Å². The molecule has 0 spiro atoms. The molecule has 2 heterocycles. The van der Waals surface area contributed by atoms with Crippen molar-refractivity contribution >= 4 is 22.9 Å². The SMILES string of the molecule is CCC1CCCCN1C(=O)COC(=O)c1ccc2nc[nH]c2c1. The van der Waals surface area contributed by atoms with Gasteiger partial charge in [-0.2, -0.15) is 0 Å². The lowest BCUT2D eigenvalue weighted by molar-refractivity contribution is -0.138. The third-order valence-corrected chi connectivity index (χ3v) is 4.40. The lowest BCUT2D eigenvalue weighted by atomic mass is 10.00. The third kappa shape index (κ3) is 3.36. The van der Waals surface area contributed by atoms with Gasteiger partial charge in [0.15, 0.2) is 6.61 Å². The number of piperidine rings is 1. The van der Waals surface area contributed by atoms with Gasteiger partial charge in [0.05, 0.1) is 22.9 Å². The molecule has 0 bridgehead atoms. The average Bonchev–Trinajstić information content (AvgIpc) is 3.06. The van der Waals surface area contributed by atoms with Crippen LogP contribution < -0.4 is 0 Å². The first-order chi connectivity index (χ1) is 11.2. The molecule has 1 aromatic carbocycles. The van der Waals surface area contributed by atoms with Gasteiger partial charge in [-0.25, -0.2) is 9.78 Å². The fraction of sp³-hybridized carbons (Fsp3) is 0.471. The summed E-state index contributed by atoms with van der Waals surface area (Å²) in [5.74, 6) is -0.590. The van der Waals surface area contributed by atoms with Crippen molar-refractivity contribution in [1.29, 1.82) is 0 Å². The van der Waals surface area contributed by atoms with Crippen LogP contribution in [-0.4, -0.2) is 45.9 Å². The number of esters is 1. The van der Waals surface area contributed by atoms with Crippen LogP contribution in [0.1, 0.15) is 43.0 Å². The first-order valence-corrected chi connectivity index (χ1v) is 8.08. The summed E-state index contributed by atoms with van der Waals surface area (Å²) >= 11 is 0. The number of likely N-dealkylation sites (tertiary alicyclic amines) is 1. The Morgan fingerprint density at radius 1 is 1.39 bits per heavy atom. The van der Waals surface area contributed by atoms with E-state index in [2.05, 4.69) is 16.9 Å². The Hall–Kier alpha value is -2.37. The molecule has 1 atom stereocenters. The normalized spacial score (nSPS) is 18.1. The number of rotatable bonds is 4. The van der Waals surface area contributed by atoms with Gasteiger partial charge in [-0.3, -0.25) is 4.79 Å². The molecule has 1 aliphatic heterocycles. The minimum absolute atomic E-state index is 0.104. The molecule has 1 fully saturated rings. The van der Waals surface area contributed by atoms with E-state index < -0.39 is 5.97 Å². The zero-order valence-corrected chi connectivity index (χ0v) is 13.2. The van der Waals surface area contributed by atoms with Crippen LogP contribution in [0, 0.1) is 0 Å². The molecule has 1 N–H and O–H groups in total. The lowest BCUT2D eigenvalue weighted by Gasteiger charge is -2.35. The fourth-order valence-corrected chi connectivity index (χ4v) is 3.11. The van der Waals surface area contributed by atoms with Crippen LogP contribution in [0.3, 0.4) is 0 Å². The lowest BCUT2D eigenvalue weighted by Crippen LogP contribution is -2.45. The topological polar surface area (TPSA) is 75.3 Å². The number of carbonyl (C=O) groups is 2. The molecule has 2 aromatic rings. The quantitative estimate of drug-likeness (QED) is 0.880. The van der Waals surface area contributed by atoms with Gasteiger partial charge in [0.1, 0.15) is 0 Å². The van der Waals surface area contributed by atoms with E-state index in [4.69, 9.17) is 4.74 Å². The number of hydrogen-bond donors (Lipinski definition) is 1. The van der Waals surface area contributed by atoms with Gasteiger partial charge in [0.25, 0.3) is 5.91 Å². The number of fused-ring (bicyclic) bond motifs is 1. The molecule has 122 valence electrons. The highest BCUT2D eigenvalue weighted by molar-refractivity contribution is 5.94. The van der Waals surface area contributed by atoms with Crippen molar-refractivity contribution in [2.45, 2.75) is 38.6 Å². The zero-order chi connectivity index (χ0) is 16.2. The smallest absolute Gasteiger partial charge is 0.338 e. The summed E-state index contributed by atoms with van der Waals surface area (Å²) in [6.07, 6.45) is 5.73. The average molecular weight is 315 g/mol. The maximum Gasteiger partial charge on any atom is 0.338 e. The maximum absolute atomic E-state index is 12.3. The van der Waals surface area contributed by atoms with Crippen molar-refractivity contribution in [3.05, 3.63) is 30.1 Å². The molecule has 3 rings (SSSR count). The second kappa shape index (κ2) is 6.81. The summed E-state index contributed by atoms with van der Waals surface area (Å²) in [5, 5.41) is 0. The number of amides is 1. The maximum atomic E-state index is 12.3. The monoisotopic (exact) mass is 315 g/mol. The van der Waals surface area contributed by atoms with Gasteiger partial charge < -0.3 is 14.6 Å². The second-order valence-electron chi connectivity index (χ2n) is 5.86. The largest absolute Gasteiger partial charge is 0.452 e. The highest BCUT2D eigenvalue weighted by Gasteiger charge is 2.26. The van der Waals surface area contributed by atoms with Crippen LogP contribution >= 0.6 is 0 Å². The molecule has 1 aliphatic rings. The minimum Gasteiger partial charge on any atom is -0.452 e. The van der Waals surface area contributed by atoms with Crippen LogP contribution in [0.5, 0.6) is 0 Å². The molecule has 0 radical (unpaired) electrons.